The van der Waals surface area contributed by atoms with Crippen molar-refractivity contribution in [3.05, 3.63) is 0 Å². The smallest absolute Gasteiger partial charge is 0.156 e. The molecule has 2 aliphatic rings. The van der Waals surface area contributed by atoms with E-state index < -0.39 is 0 Å². The van der Waals surface area contributed by atoms with Gasteiger partial charge in [-0.2, -0.15) is 0 Å². The number of hydrogen-bond donors (Lipinski definition) is 1. The highest BCUT2D eigenvalue weighted by Gasteiger charge is 2.28. The van der Waals surface area contributed by atoms with Crippen LogP contribution in [0.3, 0.4) is 0 Å². The first-order valence-corrected chi connectivity index (χ1v) is 8.09. The molecule has 0 radical (unpaired) electrons. The second kappa shape index (κ2) is 6.29. The summed E-state index contributed by atoms with van der Waals surface area (Å²) in [6.07, 6.45) is 3.54. The normalized spacial score (nSPS) is 30.4. The number of aliphatic imine (C=N–C) groups is 1. The minimum Gasteiger partial charge on any atom is -0.381 e. The highest BCUT2D eigenvalue weighted by molar-refractivity contribution is 8.13. The Hall–Kier alpha value is -0.220. The Kier molecular flexibility index (Phi) is 4.96. The first kappa shape index (κ1) is 14.2. The largest absolute Gasteiger partial charge is 0.381 e. The molecule has 0 saturated carbocycles. The summed E-state index contributed by atoms with van der Waals surface area (Å²) in [7, 11) is 0. The van der Waals surface area contributed by atoms with E-state index in [1.807, 2.05) is 11.8 Å². The highest BCUT2D eigenvalue weighted by atomic mass is 32.2. The van der Waals surface area contributed by atoms with Crippen LogP contribution in [0.5, 0.6) is 0 Å². The molecule has 4 heteroatoms. The van der Waals surface area contributed by atoms with E-state index >= 15 is 0 Å². The molecule has 0 aliphatic carbocycles. The van der Waals surface area contributed by atoms with Gasteiger partial charge in [-0.05, 0) is 30.6 Å². The van der Waals surface area contributed by atoms with E-state index in [2.05, 4.69) is 26.1 Å². The number of nitrogens with one attached hydrogen (secondary N) is 1. The average molecular weight is 270 g/mol. The molecule has 104 valence electrons. The molecular formula is C14H26N2OS. The molecule has 18 heavy (non-hydrogen) atoms. The molecule has 1 unspecified atom stereocenters. The van der Waals surface area contributed by atoms with Crippen LogP contribution < -0.4 is 5.32 Å². The van der Waals surface area contributed by atoms with Crippen molar-refractivity contribution in [2.24, 2.45) is 16.3 Å². The summed E-state index contributed by atoms with van der Waals surface area (Å²) >= 11 is 1.88. The molecule has 2 fully saturated rings. The third kappa shape index (κ3) is 3.89. The summed E-state index contributed by atoms with van der Waals surface area (Å²) in [6.45, 7) is 9.65. The van der Waals surface area contributed by atoms with E-state index in [0.717, 1.165) is 37.8 Å². The van der Waals surface area contributed by atoms with Gasteiger partial charge in [-0.15, -0.1) is 0 Å². The van der Waals surface area contributed by atoms with Crippen LogP contribution in [0.15, 0.2) is 4.99 Å². The van der Waals surface area contributed by atoms with Gasteiger partial charge in [-0.1, -0.05) is 32.5 Å². The van der Waals surface area contributed by atoms with Crippen LogP contribution >= 0.6 is 11.8 Å². The van der Waals surface area contributed by atoms with Gasteiger partial charge < -0.3 is 10.1 Å². The summed E-state index contributed by atoms with van der Waals surface area (Å²) in [6, 6.07) is 0.604. The molecule has 2 aliphatic heterocycles. The van der Waals surface area contributed by atoms with Crippen molar-refractivity contribution >= 4 is 16.9 Å². The molecule has 0 bridgehead atoms. The number of hydrogen-bond acceptors (Lipinski definition) is 3. The third-order valence-electron chi connectivity index (χ3n) is 4.09. The van der Waals surface area contributed by atoms with Gasteiger partial charge in [0, 0.05) is 31.6 Å². The van der Waals surface area contributed by atoms with Crippen LogP contribution in [-0.2, 0) is 4.74 Å². The van der Waals surface area contributed by atoms with Crippen LogP contribution in [0.1, 0.15) is 40.0 Å². The van der Waals surface area contributed by atoms with Crippen molar-refractivity contribution in [1.82, 2.24) is 5.32 Å². The predicted molar refractivity (Wildman–Crippen MR) is 79.3 cm³/mol. The zero-order valence-corrected chi connectivity index (χ0v) is 12.7. The standard InChI is InChI=1S/C14H26N2OS/c1-11(2)12-4-9-18-13(16-12)15-10-14(3)5-7-17-8-6-14/h11-12H,4-10H2,1-3H3,(H,15,16). The molecule has 1 N–H and O–H groups in total. The monoisotopic (exact) mass is 270 g/mol. The van der Waals surface area contributed by atoms with Crippen LogP contribution in [0, 0.1) is 11.3 Å². The lowest BCUT2D eigenvalue weighted by Gasteiger charge is -2.33. The summed E-state index contributed by atoms with van der Waals surface area (Å²) in [5.74, 6) is 1.89. The van der Waals surface area contributed by atoms with Crippen molar-refractivity contribution in [1.29, 1.82) is 0 Å². The van der Waals surface area contributed by atoms with E-state index in [4.69, 9.17) is 9.73 Å². The average Bonchev–Trinajstić information content (AvgIpc) is 2.38. The predicted octanol–water partition coefficient (Wildman–Crippen LogP) is 2.91. The topological polar surface area (TPSA) is 33.6 Å². The molecule has 1 atom stereocenters. The van der Waals surface area contributed by atoms with Gasteiger partial charge in [0.2, 0.25) is 0 Å². The van der Waals surface area contributed by atoms with Crippen LogP contribution in [0.25, 0.3) is 0 Å². The number of nitrogens with zero attached hydrogens (tertiary/aromatic N) is 1. The lowest BCUT2D eigenvalue weighted by molar-refractivity contribution is 0.0283. The molecule has 0 aromatic carbocycles. The number of thioether (sulfide) groups is 1. The first-order chi connectivity index (χ1) is 8.59. The van der Waals surface area contributed by atoms with Crippen molar-refractivity contribution in [2.45, 2.75) is 46.1 Å². The maximum atomic E-state index is 5.44. The number of rotatable bonds is 3. The van der Waals surface area contributed by atoms with Gasteiger partial charge in [-0.3, -0.25) is 4.99 Å². The van der Waals surface area contributed by atoms with Crippen molar-refractivity contribution in [3.63, 3.8) is 0 Å². The van der Waals surface area contributed by atoms with E-state index in [1.165, 1.54) is 12.2 Å². The minimum atomic E-state index is 0.346. The molecule has 0 amide bonds. The molecule has 0 aromatic rings. The molecule has 3 nitrogen and oxygen atoms in total. The SMILES string of the molecule is CC(C)C1CCSC(=NCC2(C)CCOCC2)N1. The van der Waals surface area contributed by atoms with Crippen molar-refractivity contribution in [2.75, 3.05) is 25.5 Å². The maximum absolute atomic E-state index is 5.44. The Bertz CT molecular complexity index is 298. The third-order valence-corrected chi connectivity index (χ3v) is 5.05. The Morgan fingerprint density at radius 2 is 2.17 bits per heavy atom. The number of ether oxygens (including phenoxy) is 1. The van der Waals surface area contributed by atoms with Crippen LogP contribution in [0.2, 0.25) is 0 Å². The van der Waals surface area contributed by atoms with Gasteiger partial charge >= 0.3 is 0 Å². The summed E-state index contributed by atoms with van der Waals surface area (Å²) < 4.78 is 5.44. The van der Waals surface area contributed by atoms with Crippen LogP contribution in [-0.4, -0.2) is 36.7 Å². The Morgan fingerprint density at radius 3 is 2.83 bits per heavy atom. The van der Waals surface area contributed by atoms with E-state index in [0.29, 0.717) is 17.4 Å². The molecule has 0 spiro atoms. The zero-order valence-electron chi connectivity index (χ0n) is 11.9. The fourth-order valence-electron chi connectivity index (χ4n) is 2.43. The zero-order chi connectivity index (χ0) is 13.0. The molecule has 2 saturated heterocycles. The quantitative estimate of drug-likeness (QED) is 0.856. The molecular weight excluding hydrogens is 244 g/mol. The van der Waals surface area contributed by atoms with Gasteiger partial charge in [0.25, 0.3) is 0 Å². The van der Waals surface area contributed by atoms with Gasteiger partial charge in [0.05, 0.1) is 0 Å². The fourth-order valence-corrected chi connectivity index (χ4v) is 3.39. The van der Waals surface area contributed by atoms with Crippen molar-refractivity contribution in [3.8, 4) is 0 Å². The van der Waals surface area contributed by atoms with Gasteiger partial charge in [-0.25, -0.2) is 0 Å². The lowest BCUT2D eigenvalue weighted by Crippen LogP contribution is -2.42. The lowest BCUT2D eigenvalue weighted by atomic mass is 9.83. The second-order valence-electron chi connectivity index (χ2n) is 6.18. The van der Waals surface area contributed by atoms with Gasteiger partial charge in [0.15, 0.2) is 5.17 Å². The summed E-state index contributed by atoms with van der Waals surface area (Å²) in [5, 5.41) is 4.75. The van der Waals surface area contributed by atoms with E-state index in [1.54, 1.807) is 0 Å². The minimum absolute atomic E-state index is 0.346. The summed E-state index contributed by atoms with van der Waals surface area (Å²) in [4.78, 5) is 4.82. The highest BCUT2D eigenvalue weighted by Crippen LogP contribution is 2.30. The van der Waals surface area contributed by atoms with Crippen LogP contribution in [0.4, 0.5) is 0 Å². The van der Waals surface area contributed by atoms with E-state index in [9.17, 15) is 0 Å². The first-order valence-electron chi connectivity index (χ1n) is 7.11. The molecule has 2 heterocycles. The maximum Gasteiger partial charge on any atom is 0.156 e. The second-order valence-corrected chi connectivity index (χ2v) is 7.26. The van der Waals surface area contributed by atoms with Gasteiger partial charge in [0.1, 0.15) is 0 Å². The van der Waals surface area contributed by atoms with E-state index in [-0.39, 0.29) is 0 Å². The molecule has 0 aromatic heterocycles. The Balaban J connectivity index is 1.88. The van der Waals surface area contributed by atoms with Crippen molar-refractivity contribution < 1.29 is 4.74 Å². The molecule has 2 rings (SSSR count). The Morgan fingerprint density at radius 1 is 1.44 bits per heavy atom. The number of amidine groups is 1. The summed E-state index contributed by atoms with van der Waals surface area (Å²) in [5.41, 5.74) is 0.346. The fraction of sp³-hybridized carbons (Fsp3) is 0.929. The Labute approximate surface area is 115 Å².